The molecule has 0 radical (unpaired) electrons. The van der Waals surface area contributed by atoms with Gasteiger partial charge < -0.3 is 10.2 Å². The van der Waals surface area contributed by atoms with Crippen molar-refractivity contribution >= 4 is 34.5 Å². The Kier molecular flexibility index (Phi) is 5.21. The Morgan fingerprint density at radius 2 is 1.90 bits per heavy atom. The highest BCUT2D eigenvalue weighted by atomic mass is 32.1. The monoisotopic (exact) mass is 436 g/mol. The summed E-state index contributed by atoms with van der Waals surface area (Å²) in [4.78, 5) is 32.2. The van der Waals surface area contributed by atoms with Gasteiger partial charge in [0.2, 0.25) is 5.91 Å². The predicted molar refractivity (Wildman–Crippen MR) is 122 cm³/mol. The third-order valence-corrected chi connectivity index (χ3v) is 8.04. The van der Waals surface area contributed by atoms with E-state index < -0.39 is 6.04 Å². The number of amides is 2. The molecule has 6 heteroatoms. The van der Waals surface area contributed by atoms with Crippen molar-refractivity contribution in [2.75, 3.05) is 0 Å². The number of hydrogen-bond donors (Lipinski definition) is 1. The fourth-order valence-electron chi connectivity index (χ4n) is 4.57. The number of rotatable bonds is 4. The molecule has 1 aliphatic carbocycles. The Bertz CT molecular complexity index is 1080. The first-order valence-corrected chi connectivity index (χ1v) is 12.1. The second-order valence-corrected chi connectivity index (χ2v) is 10.3. The lowest BCUT2D eigenvalue weighted by Crippen LogP contribution is -2.45. The minimum absolute atomic E-state index is 0.0514. The molecule has 1 aliphatic heterocycles. The molecule has 4 nitrogen and oxygen atoms in total. The molecule has 1 fully saturated rings. The molecule has 154 valence electrons. The Hall–Kier alpha value is -2.44. The van der Waals surface area contributed by atoms with Crippen LogP contribution in [-0.2, 0) is 11.3 Å². The van der Waals surface area contributed by atoms with Gasteiger partial charge >= 0.3 is 0 Å². The molecule has 5 rings (SSSR count). The average molecular weight is 437 g/mol. The molecular formula is C24H24N2O2S2. The van der Waals surface area contributed by atoms with E-state index in [9.17, 15) is 9.59 Å². The second kappa shape index (κ2) is 8.00. The van der Waals surface area contributed by atoms with E-state index in [1.165, 1.54) is 0 Å². The van der Waals surface area contributed by atoms with Gasteiger partial charge in [-0.1, -0.05) is 43.2 Å². The van der Waals surface area contributed by atoms with Crippen LogP contribution < -0.4 is 5.32 Å². The van der Waals surface area contributed by atoms with Crippen molar-refractivity contribution in [1.82, 2.24) is 10.2 Å². The largest absolute Gasteiger partial charge is 0.351 e. The third kappa shape index (κ3) is 3.48. The first-order valence-electron chi connectivity index (χ1n) is 10.5. The molecule has 1 aromatic carbocycles. The zero-order valence-electron chi connectivity index (χ0n) is 16.9. The summed E-state index contributed by atoms with van der Waals surface area (Å²) >= 11 is 3.21. The minimum Gasteiger partial charge on any atom is -0.351 e. The first-order chi connectivity index (χ1) is 14.6. The second-order valence-electron chi connectivity index (χ2n) is 8.11. The van der Waals surface area contributed by atoms with Crippen LogP contribution in [0.25, 0.3) is 10.4 Å². The smallest absolute Gasteiger partial charge is 0.256 e. The normalized spacial score (nSPS) is 18.8. The molecule has 2 aromatic heterocycles. The highest BCUT2D eigenvalue weighted by Gasteiger charge is 2.40. The zero-order chi connectivity index (χ0) is 20.7. The SMILES string of the molecule is Cc1cc2c(s1)C(C(=O)NC1CCCC1)N(Cc1ccccc1)C(=O)c1ccsc1-2. The maximum absolute atomic E-state index is 13.7. The van der Waals surface area contributed by atoms with Crippen LogP contribution in [0.2, 0.25) is 0 Å². The molecule has 1 saturated carbocycles. The number of aryl methyl sites for hydroxylation is 1. The molecule has 1 unspecified atom stereocenters. The number of carbonyl (C=O) groups is 2. The lowest BCUT2D eigenvalue weighted by atomic mass is 10.1. The van der Waals surface area contributed by atoms with Crippen LogP contribution in [0.5, 0.6) is 0 Å². The molecule has 3 heterocycles. The van der Waals surface area contributed by atoms with E-state index in [-0.39, 0.29) is 17.9 Å². The lowest BCUT2D eigenvalue weighted by molar-refractivity contribution is -0.126. The van der Waals surface area contributed by atoms with E-state index in [0.717, 1.165) is 51.4 Å². The molecule has 3 aromatic rings. The summed E-state index contributed by atoms with van der Waals surface area (Å²) in [7, 11) is 0. The Morgan fingerprint density at radius 1 is 1.13 bits per heavy atom. The molecule has 0 saturated heterocycles. The lowest BCUT2D eigenvalue weighted by Gasteiger charge is -2.30. The Balaban J connectivity index is 1.61. The molecule has 2 aliphatic rings. The third-order valence-electron chi connectivity index (χ3n) is 5.99. The maximum atomic E-state index is 13.7. The standard InChI is InChI=1S/C24H24N2O2S2/c1-15-13-19-21-18(11-12-29-21)24(28)26(14-16-7-3-2-4-8-16)20(22(19)30-15)23(27)25-17-9-5-6-10-17/h2-4,7-8,11-13,17,20H,5-6,9-10,14H2,1H3,(H,25,27). The number of carbonyl (C=O) groups excluding carboxylic acids is 2. The van der Waals surface area contributed by atoms with Crippen LogP contribution in [0.4, 0.5) is 0 Å². The summed E-state index contributed by atoms with van der Waals surface area (Å²) in [6.07, 6.45) is 4.36. The van der Waals surface area contributed by atoms with Crippen LogP contribution in [0.1, 0.15) is 57.4 Å². The first kappa shape index (κ1) is 19.5. The van der Waals surface area contributed by atoms with Gasteiger partial charge in [0.25, 0.3) is 5.91 Å². The fraction of sp³-hybridized carbons (Fsp3) is 0.333. The van der Waals surface area contributed by atoms with E-state index in [0.29, 0.717) is 12.1 Å². The summed E-state index contributed by atoms with van der Waals surface area (Å²) in [5, 5.41) is 5.23. The van der Waals surface area contributed by atoms with Crippen molar-refractivity contribution in [2.45, 2.75) is 51.2 Å². The zero-order valence-corrected chi connectivity index (χ0v) is 18.5. The summed E-state index contributed by atoms with van der Waals surface area (Å²) in [5.41, 5.74) is 2.77. The van der Waals surface area contributed by atoms with Gasteiger partial charge in [0.05, 0.1) is 5.56 Å². The number of fused-ring (bicyclic) bond motifs is 3. The number of hydrogen-bond acceptors (Lipinski definition) is 4. The maximum Gasteiger partial charge on any atom is 0.256 e. The average Bonchev–Trinajstić information content (AvgIpc) is 3.48. The van der Waals surface area contributed by atoms with Crippen molar-refractivity contribution in [1.29, 1.82) is 0 Å². The highest BCUT2D eigenvalue weighted by molar-refractivity contribution is 7.16. The van der Waals surface area contributed by atoms with Gasteiger partial charge in [0.15, 0.2) is 0 Å². The Morgan fingerprint density at radius 3 is 2.67 bits per heavy atom. The molecule has 30 heavy (non-hydrogen) atoms. The molecule has 2 amide bonds. The number of nitrogens with zero attached hydrogens (tertiary/aromatic N) is 1. The van der Waals surface area contributed by atoms with Crippen molar-refractivity contribution < 1.29 is 9.59 Å². The van der Waals surface area contributed by atoms with Gasteiger partial charge in [-0.05, 0) is 42.8 Å². The van der Waals surface area contributed by atoms with E-state index in [4.69, 9.17) is 0 Å². The van der Waals surface area contributed by atoms with E-state index in [2.05, 4.69) is 18.3 Å². The van der Waals surface area contributed by atoms with Crippen LogP contribution in [0.3, 0.4) is 0 Å². The summed E-state index contributed by atoms with van der Waals surface area (Å²) in [6.45, 7) is 2.48. The summed E-state index contributed by atoms with van der Waals surface area (Å²) < 4.78 is 0. The minimum atomic E-state index is -0.605. The van der Waals surface area contributed by atoms with Crippen LogP contribution in [0, 0.1) is 6.92 Å². The van der Waals surface area contributed by atoms with Crippen molar-refractivity contribution in [3.05, 3.63) is 68.7 Å². The molecule has 1 N–H and O–H groups in total. The van der Waals surface area contributed by atoms with Crippen molar-refractivity contribution in [2.24, 2.45) is 0 Å². The van der Waals surface area contributed by atoms with Gasteiger partial charge in [-0.2, -0.15) is 0 Å². The molecule has 1 atom stereocenters. The Labute approximate surface area is 184 Å². The summed E-state index contributed by atoms with van der Waals surface area (Å²) in [6, 6.07) is 13.6. The van der Waals surface area contributed by atoms with Crippen molar-refractivity contribution in [3.63, 3.8) is 0 Å². The topological polar surface area (TPSA) is 49.4 Å². The van der Waals surface area contributed by atoms with Gasteiger partial charge in [-0.3, -0.25) is 9.59 Å². The van der Waals surface area contributed by atoms with Crippen LogP contribution >= 0.6 is 22.7 Å². The predicted octanol–water partition coefficient (Wildman–Crippen LogP) is 5.54. The van der Waals surface area contributed by atoms with Gasteiger partial charge in [0.1, 0.15) is 6.04 Å². The van der Waals surface area contributed by atoms with E-state index in [1.54, 1.807) is 27.6 Å². The molecular weight excluding hydrogens is 412 g/mol. The number of nitrogens with one attached hydrogen (secondary N) is 1. The highest BCUT2D eigenvalue weighted by Crippen LogP contribution is 2.46. The molecule has 0 spiro atoms. The van der Waals surface area contributed by atoms with E-state index >= 15 is 0 Å². The van der Waals surface area contributed by atoms with Gasteiger partial charge in [-0.15, -0.1) is 22.7 Å². The van der Waals surface area contributed by atoms with Gasteiger partial charge in [0, 0.05) is 32.8 Å². The van der Waals surface area contributed by atoms with Gasteiger partial charge in [-0.25, -0.2) is 0 Å². The number of benzene rings is 1. The van der Waals surface area contributed by atoms with E-state index in [1.807, 2.05) is 41.8 Å². The quantitative estimate of drug-likeness (QED) is 0.584. The van der Waals surface area contributed by atoms with Crippen LogP contribution in [-0.4, -0.2) is 22.8 Å². The molecule has 0 bridgehead atoms. The fourth-order valence-corrected chi connectivity index (χ4v) is 6.69. The van der Waals surface area contributed by atoms with Crippen molar-refractivity contribution in [3.8, 4) is 10.4 Å². The summed E-state index contributed by atoms with van der Waals surface area (Å²) in [5.74, 6) is -0.118. The number of thiophene rings is 2. The van der Waals surface area contributed by atoms with Crippen LogP contribution in [0.15, 0.2) is 47.8 Å².